The Labute approximate surface area is 104 Å². The predicted molar refractivity (Wildman–Crippen MR) is 73.8 cm³/mol. The van der Waals surface area contributed by atoms with Crippen LogP contribution in [-0.2, 0) is 6.54 Å². The summed E-state index contributed by atoms with van der Waals surface area (Å²) in [6.45, 7) is 10.0. The third kappa shape index (κ3) is 3.07. The molecule has 1 aromatic rings. The smallest absolute Gasteiger partial charge is 0.0279 e. The maximum atomic E-state index is 3.96. The van der Waals surface area contributed by atoms with Crippen LogP contribution >= 0.6 is 0 Å². The van der Waals surface area contributed by atoms with Gasteiger partial charge < -0.3 is 0 Å². The molecule has 17 heavy (non-hydrogen) atoms. The summed E-state index contributed by atoms with van der Waals surface area (Å²) < 4.78 is 0. The first-order chi connectivity index (χ1) is 8.33. The van der Waals surface area contributed by atoms with Crippen LogP contribution in [0.3, 0.4) is 0 Å². The van der Waals surface area contributed by atoms with Crippen molar-refractivity contribution >= 4 is 0 Å². The molecule has 0 saturated carbocycles. The van der Waals surface area contributed by atoms with Gasteiger partial charge >= 0.3 is 0 Å². The lowest BCUT2D eigenvalue weighted by Crippen LogP contribution is -2.41. The summed E-state index contributed by atoms with van der Waals surface area (Å²) in [4.78, 5) is 2.51. The average Bonchev–Trinajstić information content (AvgIpc) is 2.40. The molecule has 1 nitrogen and oxygen atoms in total. The Bertz CT molecular complexity index is 368. The van der Waals surface area contributed by atoms with E-state index >= 15 is 0 Å². The van der Waals surface area contributed by atoms with Gasteiger partial charge in [-0.05, 0) is 24.3 Å². The summed E-state index contributed by atoms with van der Waals surface area (Å²) in [5.41, 5.74) is 1.38. The summed E-state index contributed by atoms with van der Waals surface area (Å²) in [5.74, 6) is 0.634. The number of hydrogen-bond donors (Lipinski definition) is 0. The van der Waals surface area contributed by atoms with Crippen LogP contribution < -0.4 is 0 Å². The lowest BCUT2D eigenvalue weighted by molar-refractivity contribution is 0.145. The van der Waals surface area contributed by atoms with Crippen molar-refractivity contribution in [3.05, 3.63) is 61.2 Å². The molecule has 0 amide bonds. The van der Waals surface area contributed by atoms with Gasteiger partial charge in [-0.15, -0.1) is 13.2 Å². The highest BCUT2D eigenvalue weighted by Gasteiger charge is 2.24. The van der Waals surface area contributed by atoms with Crippen LogP contribution in [0.1, 0.15) is 18.4 Å². The van der Waals surface area contributed by atoms with Crippen molar-refractivity contribution in [3.8, 4) is 0 Å². The van der Waals surface area contributed by atoms with Crippen LogP contribution in [0.5, 0.6) is 0 Å². The summed E-state index contributed by atoms with van der Waals surface area (Å²) in [7, 11) is 0. The van der Waals surface area contributed by atoms with Crippen LogP contribution in [0.4, 0.5) is 0 Å². The highest BCUT2D eigenvalue weighted by molar-refractivity contribution is 5.15. The maximum absolute atomic E-state index is 3.96. The SMILES string of the molecule is C=C[C@@H]1CC[C@H](C=C)N(Cc2ccccc2)C1. The predicted octanol–water partition coefficient (Wildman–Crippen LogP) is 3.64. The Hall–Kier alpha value is -1.34. The first kappa shape index (κ1) is 12.1. The molecular formula is C16H21N. The fourth-order valence-electron chi connectivity index (χ4n) is 2.55. The van der Waals surface area contributed by atoms with Crippen molar-refractivity contribution in [2.24, 2.45) is 5.92 Å². The Morgan fingerprint density at radius 1 is 1.12 bits per heavy atom. The first-order valence-electron chi connectivity index (χ1n) is 6.36. The third-order valence-corrected chi connectivity index (χ3v) is 3.61. The van der Waals surface area contributed by atoms with Gasteiger partial charge in [0, 0.05) is 19.1 Å². The molecule has 1 saturated heterocycles. The molecule has 2 rings (SSSR count). The quantitative estimate of drug-likeness (QED) is 0.710. The van der Waals surface area contributed by atoms with Gasteiger partial charge in [-0.3, -0.25) is 4.90 Å². The molecular weight excluding hydrogens is 206 g/mol. The normalized spacial score (nSPS) is 25.4. The Morgan fingerprint density at radius 2 is 1.88 bits per heavy atom. The fraction of sp³-hybridized carbons (Fsp3) is 0.375. The van der Waals surface area contributed by atoms with E-state index in [1.165, 1.54) is 18.4 Å². The molecule has 0 bridgehead atoms. The second-order valence-corrected chi connectivity index (χ2v) is 4.79. The summed E-state index contributed by atoms with van der Waals surface area (Å²) >= 11 is 0. The first-order valence-corrected chi connectivity index (χ1v) is 6.36. The van der Waals surface area contributed by atoms with Crippen molar-refractivity contribution in [1.82, 2.24) is 4.90 Å². The lowest BCUT2D eigenvalue weighted by Gasteiger charge is -2.37. The van der Waals surface area contributed by atoms with Gasteiger partial charge in [0.25, 0.3) is 0 Å². The molecule has 1 aliphatic heterocycles. The molecule has 2 atom stereocenters. The number of nitrogens with zero attached hydrogens (tertiary/aromatic N) is 1. The Balaban J connectivity index is 2.05. The molecule has 0 unspecified atom stereocenters. The zero-order valence-corrected chi connectivity index (χ0v) is 10.4. The van der Waals surface area contributed by atoms with Crippen molar-refractivity contribution in [2.45, 2.75) is 25.4 Å². The van der Waals surface area contributed by atoms with E-state index in [4.69, 9.17) is 0 Å². The summed E-state index contributed by atoms with van der Waals surface area (Å²) in [6.07, 6.45) is 6.62. The standard InChI is InChI=1S/C16H21N/c1-3-14-10-11-16(4-2)17(12-14)13-15-8-6-5-7-9-15/h3-9,14,16H,1-2,10-13H2/t14-,16+/m1/s1. The molecule has 0 radical (unpaired) electrons. The van der Waals surface area contributed by atoms with Crippen molar-refractivity contribution < 1.29 is 0 Å². The number of piperidine rings is 1. The Morgan fingerprint density at radius 3 is 2.53 bits per heavy atom. The van der Waals surface area contributed by atoms with Crippen LogP contribution in [-0.4, -0.2) is 17.5 Å². The van der Waals surface area contributed by atoms with Crippen LogP contribution in [0.25, 0.3) is 0 Å². The van der Waals surface area contributed by atoms with Crippen molar-refractivity contribution in [2.75, 3.05) is 6.54 Å². The van der Waals surface area contributed by atoms with E-state index in [0.717, 1.165) is 13.1 Å². The molecule has 1 aromatic carbocycles. The van der Waals surface area contributed by atoms with E-state index in [9.17, 15) is 0 Å². The third-order valence-electron chi connectivity index (χ3n) is 3.61. The zero-order valence-electron chi connectivity index (χ0n) is 10.4. The average molecular weight is 227 g/mol. The van der Waals surface area contributed by atoms with E-state index < -0.39 is 0 Å². The number of benzene rings is 1. The minimum absolute atomic E-state index is 0.520. The van der Waals surface area contributed by atoms with E-state index in [1.807, 2.05) is 0 Å². The van der Waals surface area contributed by atoms with E-state index in [0.29, 0.717) is 12.0 Å². The largest absolute Gasteiger partial charge is 0.292 e. The van der Waals surface area contributed by atoms with Crippen molar-refractivity contribution in [3.63, 3.8) is 0 Å². The molecule has 1 heterocycles. The second-order valence-electron chi connectivity index (χ2n) is 4.79. The highest BCUT2D eigenvalue weighted by Crippen LogP contribution is 2.24. The van der Waals surface area contributed by atoms with Crippen LogP contribution in [0.15, 0.2) is 55.6 Å². The van der Waals surface area contributed by atoms with Gasteiger partial charge in [0.05, 0.1) is 0 Å². The molecule has 90 valence electrons. The van der Waals surface area contributed by atoms with Gasteiger partial charge in [0.2, 0.25) is 0 Å². The molecule has 1 fully saturated rings. The van der Waals surface area contributed by atoms with Gasteiger partial charge in [-0.2, -0.15) is 0 Å². The molecule has 1 aliphatic rings. The summed E-state index contributed by atoms with van der Waals surface area (Å²) in [5, 5.41) is 0. The van der Waals surface area contributed by atoms with Crippen LogP contribution in [0.2, 0.25) is 0 Å². The Kier molecular flexibility index (Phi) is 4.16. The van der Waals surface area contributed by atoms with E-state index in [1.54, 1.807) is 0 Å². The van der Waals surface area contributed by atoms with Gasteiger partial charge in [-0.1, -0.05) is 42.5 Å². The molecule has 0 aliphatic carbocycles. The second kappa shape index (κ2) is 5.83. The molecule has 0 N–H and O–H groups in total. The van der Waals surface area contributed by atoms with Gasteiger partial charge in [-0.25, -0.2) is 0 Å². The van der Waals surface area contributed by atoms with E-state index in [2.05, 4.69) is 60.5 Å². The fourth-order valence-corrected chi connectivity index (χ4v) is 2.55. The van der Waals surface area contributed by atoms with Crippen LogP contribution in [0, 0.1) is 5.92 Å². The highest BCUT2D eigenvalue weighted by atomic mass is 15.2. The maximum Gasteiger partial charge on any atom is 0.0279 e. The monoisotopic (exact) mass is 227 g/mol. The topological polar surface area (TPSA) is 3.24 Å². The molecule has 0 spiro atoms. The number of likely N-dealkylation sites (tertiary alicyclic amines) is 1. The number of hydrogen-bond acceptors (Lipinski definition) is 1. The van der Waals surface area contributed by atoms with Gasteiger partial charge in [0.15, 0.2) is 0 Å². The van der Waals surface area contributed by atoms with Gasteiger partial charge in [0.1, 0.15) is 0 Å². The lowest BCUT2D eigenvalue weighted by atomic mass is 9.92. The van der Waals surface area contributed by atoms with E-state index in [-0.39, 0.29) is 0 Å². The summed E-state index contributed by atoms with van der Waals surface area (Å²) in [6, 6.07) is 11.2. The molecule has 0 aromatic heterocycles. The minimum atomic E-state index is 0.520. The number of rotatable bonds is 4. The zero-order chi connectivity index (χ0) is 12.1. The minimum Gasteiger partial charge on any atom is -0.292 e. The molecule has 1 heteroatoms. The van der Waals surface area contributed by atoms with Crippen molar-refractivity contribution in [1.29, 1.82) is 0 Å².